The first kappa shape index (κ1) is 19.3. The first-order valence-electron chi connectivity index (χ1n) is 10.5. The van der Waals surface area contributed by atoms with E-state index >= 15 is 0 Å². The fraction of sp³-hybridized carbons (Fsp3) is 0.200. The molecule has 1 amide bonds. The van der Waals surface area contributed by atoms with Gasteiger partial charge >= 0.3 is 0 Å². The normalized spacial score (nSPS) is 14.7. The third kappa shape index (κ3) is 4.02. The van der Waals surface area contributed by atoms with Gasteiger partial charge in [-0.1, -0.05) is 18.2 Å². The van der Waals surface area contributed by atoms with Crippen LogP contribution in [0.15, 0.2) is 79.1 Å². The summed E-state index contributed by atoms with van der Waals surface area (Å²) in [7, 11) is 0. The molecule has 6 nitrogen and oxygen atoms in total. The standard InChI is InChI=1S/C25H24N4O2/c30-22-12-14-28(15-13-22)20-9-6-18(7-10-20)25(31)27-19-8-11-24-23(16-19)26-17-29(24)21-4-2-1-3-5-21/h1-11,16-17,22,30H,12-15H2,(H,27,31). The van der Waals surface area contributed by atoms with Gasteiger partial charge in [-0.3, -0.25) is 9.36 Å². The van der Waals surface area contributed by atoms with E-state index in [2.05, 4.69) is 15.2 Å². The highest BCUT2D eigenvalue weighted by Gasteiger charge is 2.17. The average Bonchev–Trinajstić information content (AvgIpc) is 3.23. The summed E-state index contributed by atoms with van der Waals surface area (Å²) in [6.45, 7) is 1.67. The minimum Gasteiger partial charge on any atom is -0.393 e. The highest BCUT2D eigenvalue weighted by molar-refractivity contribution is 6.05. The summed E-state index contributed by atoms with van der Waals surface area (Å²) in [5.41, 5.74) is 5.26. The van der Waals surface area contributed by atoms with Crippen molar-refractivity contribution in [1.29, 1.82) is 0 Å². The molecular weight excluding hydrogens is 388 g/mol. The van der Waals surface area contributed by atoms with Gasteiger partial charge in [0.1, 0.15) is 6.33 Å². The molecule has 31 heavy (non-hydrogen) atoms. The number of nitrogens with zero attached hydrogens (tertiary/aromatic N) is 3. The molecule has 4 aromatic rings. The van der Waals surface area contributed by atoms with Crippen LogP contribution in [-0.2, 0) is 0 Å². The largest absolute Gasteiger partial charge is 0.393 e. The number of carbonyl (C=O) groups is 1. The van der Waals surface area contributed by atoms with E-state index in [1.165, 1.54) is 0 Å². The maximum atomic E-state index is 12.7. The number of hydrogen-bond acceptors (Lipinski definition) is 4. The van der Waals surface area contributed by atoms with Gasteiger partial charge in [-0.05, 0) is 67.4 Å². The Morgan fingerprint density at radius 3 is 2.42 bits per heavy atom. The van der Waals surface area contributed by atoms with Crippen molar-refractivity contribution in [3.05, 3.63) is 84.7 Å². The molecule has 1 saturated heterocycles. The number of aliphatic hydroxyl groups is 1. The Bertz CT molecular complexity index is 1190. The lowest BCUT2D eigenvalue weighted by molar-refractivity contribution is 0.102. The van der Waals surface area contributed by atoms with Gasteiger partial charge < -0.3 is 15.3 Å². The smallest absolute Gasteiger partial charge is 0.255 e. The van der Waals surface area contributed by atoms with Crippen molar-refractivity contribution in [2.75, 3.05) is 23.3 Å². The molecule has 0 spiro atoms. The zero-order valence-corrected chi connectivity index (χ0v) is 17.1. The fourth-order valence-corrected chi connectivity index (χ4v) is 4.04. The second-order valence-electron chi connectivity index (χ2n) is 7.87. The topological polar surface area (TPSA) is 70.4 Å². The SMILES string of the molecule is O=C(Nc1ccc2c(c1)ncn2-c1ccccc1)c1ccc(N2CCC(O)CC2)cc1. The van der Waals surface area contributed by atoms with E-state index in [1.54, 1.807) is 6.33 Å². The van der Waals surface area contributed by atoms with Gasteiger partial charge in [-0.2, -0.15) is 0 Å². The van der Waals surface area contributed by atoms with Crippen LogP contribution in [-0.4, -0.2) is 39.8 Å². The van der Waals surface area contributed by atoms with Crippen LogP contribution in [0.1, 0.15) is 23.2 Å². The second-order valence-corrected chi connectivity index (χ2v) is 7.87. The minimum atomic E-state index is -0.197. The van der Waals surface area contributed by atoms with Crippen molar-refractivity contribution in [3.63, 3.8) is 0 Å². The summed E-state index contributed by atoms with van der Waals surface area (Å²) < 4.78 is 2.03. The number of hydrogen-bond donors (Lipinski definition) is 2. The quantitative estimate of drug-likeness (QED) is 0.526. The van der Waals surface area contributed by atoms with Crippen LogP contribution in [0.2, 0.25) is 0 Å². The van der Waals surface area contributed by atoms with Crippen molar-refractivity contribution in [2.45, 2.75) is 18.9 Å². The molecule has 0 saturated carbocycles. The number of carbonyl (C=O) groups excluding carboxylic acids is 1. The van der Waals surface area contributed by atoms with Crippen LogP contribution in [0, 0.1) is 0 Å². The lowest BCUT2D eigenvalue weighted by atomic mass is 10.1. The number of aliphatic hydroxyl groups excluding tert-OH is 1. The van der Waals surface area contributed by atoms with Gasteiger partial charge in [0.05, 0.1) is 17.1 Å². The maximum Gasteiger partial charge on any atom is 0.255 e. The van der Waals surface area contributed by atoms with Crippen LogP contribution >= 0.6 is 0 Å². The van der Waals surface area contributed by atoms with E-state index in [9.17, 15) is 9.90 Å². The number of anilines is 2. The van der Waals surface area contributed by atoms with E-state index in [-0.39, 0.29) is 12.0 Å². The number of aromatic nitrogens is 2. The molecule has 2 heterocycles. The summed E-state index contributed by atoms with van der Waals surface area (Å²) in [6, 6.07) is 23.4. The first-order valence-corrected chi connectivity index (χ1v) is 10.5. The zero-order valence-electron chi connectivity index (χ0n) is 17.1. The molecular formula is C25H24N4O2. The molecule has 1 aromatic heterocycles. The maximum absolute atomic E-state index is 12.7. The Kier molecular flexibility index (Phi) is 5.14. The van der Waals surface area contributed by atoms with Crippen LogP contribution in [0.3, 0.4) is 0 Å². The first-order chi connectivity index (χ1) is 15.2. The molecule has 156 valence electrons. The van der Waals surface area contributed by atoms with Crippen molar-refractivity contribution in [1.82, 2.24) is 9.55 Å². The van der Waals surface area contributed by atoms with Crippen LogP contribution in [0.25, 0.3) is 16.7 Å². The summed E-state index contributed by atoms with van der Waals surface area (Å²) in [6.07, 6.45) is 3.16. The van der Waals surface area contributed by atoms with E-state index < -0.39 is 0 Å². The van der Waals surface area contributed by atoms with E-state index in [1.807, 2.05) is 77.4 Å². The Balaban J connectivity index is 1.30. The second kappa shape index (κ2) is 8.24. The van der Waals surface area contributed by atoms with Gasteiger partial charge in [-0.25, -0.2) is 4.98 Å². The van der Waals surface area contributed by atoms with Crippen molar-refractivity contribution >= 4 is 28.3 Å². The Labute approximate surface area is 180 Å². The Morgan fingerprint density at radius 2 is 1.68 bits per heavy atom. The molecule has 0 atom stereocenters. The number of benzene rings is 3. The molecule has 0 unspecified atom stereocenters. The van der Waals surface area contributed by atoms with Gasteiger partial charge in [0.25, 0.3) is 5.91 Å². The number of amides is 1. The number of imidazole rings is 1. The third-order valence-corrected chi connectivity index (χ3v) is 5.80. The third-order valence-electron chi connectivity index (χ3n) is 5.80. The minimum absolute atomic E-state index is 0.151. The number of para-hydroxylation sites is 1. The number of nitrogens with one attached hydrogen (secondary N) is 1. The van der Waals surface area contributed by atoms with Crippen molar-refractivity contribution in [3.8, 4) is 5.69 Å². The molecule has 0 radical (unpaired) electrons. The summed E-state index contributed by atoms with van der Waals surface area (Å²) in [5.74, 6) is -0.151. The number of piperidine rings is 1. The highest BCUT2D eigenvalue weighted by Crippen LogP contribution is 2.23. The number of rotatable bonds is 4. The predicted molar refractivity (Wildman–Crippen MR) is 123 cm³/mol. The Morgan fingerprint density at radius 1 is 0.935 bits per heavy atom. The fourth-order valence-electron chi connectivity index (χ4n) is 4.04. The lowest BCUT2D eigenvalue weighted by Gasteiger charge is -2.31. The van der Waals surface area contributed by atoms with Crippen molar-refractivity contribution in [2.24, 2.45) is 0 Å². The van der Waals surface area contributed by atoms with Crippen LogP contribution < -0.4 is 10.2 Å². The van der Waals surface area contributed by atoms with Gasteiger partial charge in [0.15, 0.2) is 0 Å². The predicted octanol–water partition coefficient (Wildman–Crippen LogP) is 4.24. The lowest BCUT2D eigenvalue weighted by Crippen LogP contribution is -2.35. The molecule has 3 aromatic carbocycles. The van der Waals surface area contributed by atoms with Gasteiger partial charge in [-0.15, -0.1) is 0 Å². The Hall–Kier alpha value is -3.64. The zero-order chi connectivity index (χ0) is 21.2. The van der Waals surface area contributed by atoms with Gasteiger partial charge in [0.2, 0.25) is 0 Å². The summed E-state index contributed by atoms with van der Waals surface area (Å²) >= 11 is 0. The van der Waals surface area contributed by atoms with E-state index in [4.69, 9.17) is 0 Å². The van der Waals surface area contributed by atoms with E-state index in [0.29, 0.717) is 11.3 Å². The van der Waals surface area contributed by atoms with Crippen LogP contribution in [0.5, 0.6) is 0 Å². The van der Waals surface area contributed by atoms with E-state index in [0.717, 1.165) is 48.3 Å². The summed E-state index contributed by atoms with van der Waals surface area (Å²) in [4.78, 5) is 19.5. The molecule has 1 aliphatic rings. The monoisotopic (exact) mass is 412 g/mol. The molecule has 2 N–H and O–H groups in total. The van der Waals surface area contributed by atoms with Crippen LogP contribution in [0.4, 0.5) is 11.4 Å². The molecule has 1 aliphatic heterocycles. The number of fused-ring (bicyclic) bond motifs is 1. The summed E-state index contributed by atoms with van der Waals surface area (Å²) in [5, 5.41) is 12.6. The highest BCUT2D eigenvalue weighted by atomic mass is 16.3. The molecule has 5 rings (SSSR count). The molecule has 6 heteroatoms. The molecule has 0 aliphatic carbocycles. The molecule has 1 fully saturated rings. The van der Waals surface area contributed by atoms with Crippen molar-refractivity contribution < 1.29 is 9.90 Å². The average molecular weight is 412 g/mol. The molecule has 0 bridgehead atoms. The van der Waals surface area contributed by atoms with Gasteiger partial charge in [0, 0.05) is 35.7 Å².